The van der Waals surface area contributed by atoms with Crippen LogP contribution in [0.4, 0.5) is 0 Å². The molecular formula is C19H22N2O3. The highest BCUT2D eigenvalue weighted by molar-refractivity contribution is 5.67. The van der Waals surface area contributed by atoms with Gasteiger partial charge < -0.3 is 9.67 Å². The Morgan fingerprint density at radius 1 is 1.04 bits per heavy atom. The SMILES string of the molecule is O=C(O)Cn1cc(-c2cccc(CN3CCCCC3)c2)ccc1=O. The van der Waals surface area contributed by atoms with Gasteiger partial charge in [0.25, 0.3) is 5.56 Å². The maximum Gasteiger partial charge on any atom is 0.323 e. The summed E-state index contributed by atoms with van der Waals surface area (Å²) in [5, 5.41) is 8.91. The average molecular weight is 326 g/mol. The molecule has 0 spiro atoms. The maximum absolute atomic E-state index is 11.8. The second kappa shape index (κ2) is 7.45. The highest BCUT2D eigenvalue weighted by Crippen LogP contribution is 2.21. The number of pyridine rings is 1. The van der Waals surface area contributed by atoms with Gasteiger partial charge in [-0.3, -0.25) is 14.5 Å². The van der Waals surface area contributed by atoms with Crippen LogP contribution in [0.15, 0.2) is 47.4 Å². The molecule has 1 aromatic carbocycles. The van der Waals surface area contributed by atoms with E-state index in [2.05, 4.69) is 17.0 Å². The van der Waals surface area contributed by atoms with Gasteiger partial charge in [0.1, 0.15) is 6.54 Å². The Morgan fingerprint density at radius 2 is 1.83 bits per heavy atom. The van der Waals surface area contributed by atoms with Crippen molar-refractivity contribution in [2.24, 2.45) is 0 Å². The van der Waals surface area contributed by atoms with Gasteiger partial charge in [-0.15, -0.1) is 0 Å². The number of carboxylic acids is 1. The molecule has 2 heterocycles. The summed E-state index contributed by atoms with van der Waals surface area (Å²) in [4.78, 5) is 25.1. The van der Waals surface area contributed by atoms with Crippen molar-refractivity contribution in [1.82, 2.24) is 9.47 Å². The summed E-state index contributed by atoms with van der Waals surface area (Å²) in [5.74, 6) is -1.02. The fourth-order valence-corrected chi connectivity index (χ4v) is 3.20. The van der Waals surface area contributed by atoms with Crippen molar-refractivity contribution in [2.45, 2.75) is 32.4 Å². The van der Waals surface area contributed by atoms with E-state index in [9.17, 15) is 9.59 Å². The Hall–Kier alpha value is -2.40. The van der Waals surface area contributed by atoms with Crippen molar-refractivity contribution in [2.75, 3.05) is 13.1 Å². The summed E-state index contributed by atoms with van der Waals surface area (Å²) in [6.07, 6.45) is 5.47. The molecule has 24 heavy (non-hydrogen) atoms. The van der Waals surface area contributed by atoms with Crippen molar-refractivity contribution < 1.29 is 9.90 Å². The van der Waals surface area contributed by atoms with Gasteiger partial charge in [0, 0.05) is 18.8 Å². The normalized spacial score (nSPS) is 15.3. The molecule has 126 valence electrons. The van der Waals surface area contributed by atoms with Gasteiger partial charge in [-0.25, -0.2) is 0 Å². The number of hydrogen-bond acceptors (Lipinski definition) is 3. The van der Waals surface area contributed by atoms with Crippen molar-refractivity contribution in [3.8, 4) is 11.1 Å². The van der Waals surface area contributed by atoms with Crippen molar-refractivity contribution >= 4 is 5.97 Å². The van der Waals surface area contributed by atoms with Gasteiger partial charge in [0.2, 0.25) is 0 Å². The van der Waals surface area contributed by atoms with E-state index in [4.69, 9.17) is 5.11 Å². The zero-order valence-electron chi connectivity index (χ0n) is 13.6. The molecule has 0 atom stereocenters. The number of nitrogens with zero attached hydrogens (tertiary/aromatic N) is 2. The molecule has 0 aliphatic carbocycles. The predicted octanol–water partition coefficient (Wildman–Crippen LogP) is 2.59. The minimum atomic E-state index is -1.02. The van der Waals surface area contributed by atoms with Crippen LogP contribution in [0.5, 0.6) is 0 Å². The summed E-state index contributed by atoms with van der Waals surface area (Å²) in [6, 6.07) is 11.4. The number of carboxylic acid groups (broad SMARTS) is 1. The molecule has 0 radical (unpaired) electrons. The molecule has 1 aliphatic heterocycles. The number of carbonyl (C=O) groups is 1. The first kappa shape index (κ1) is 16.5. The monoisotopic (exact) mass is 326 g/mol. The van der Waals surface area contributed by atoms with Gasteiger partial charge in [0.15, 0.2) is 0 Å². The van der Waals surface area contributed by atoms with E-state index in [0.29, 0.717) is 0 Å². The summed E-state index contributed by atoms with van der Waals surface area (Å²) in [5.41, 5.74) is 2.80. The number of aromatic nitrogens is 1. The van der Waals surface area contributed by atoms with E-state index in [0.717, 1.165) is 30.8 Å². The lowest BCUT2D eigenvalue weighted by Crippen LogP contribution is -2.29. The molecule has 0 bridgehead atoms. The minimum Gasteiger partial charge on any atom is -0.480 e. The molecule has 5 nitrogen and oxygen atoms in total. The Labute approximate surface area is 141 Å². The van der Waals surface area contributed by atoms with E-state index in [1.165, 1.54) is 35.5 Å². The van der Waals surface area contributed by atoms with Crippen LogP contribution in [0, 0.1) is 0 Å². The molecule has 2 aromatic rings. The molecule has 1 aromatic heterocycles. The molecule has 3 rings (SSSR count). The van der Waals surface area contributed by atoms with Crippen LogP contribution >= 0.6 is 0 Å². The molecule has 1 fully saturated rings. The summed E-state index contributed by atoms with van der Waals surface area (Å²) in [6.45, 7) is 2.91. The molecule has 1 N–H and O–H groups in total. The van der Waals surface area contributed by atoms with E-state index in [1.54, 1.807) is 12.3 Å². The second-order valence-electron chi connectivity index (χ2n) is 6.31. The highest BCUT2D eigenvalue weighted by atomic mass is 16.4. The standard InChI is InChI=1S/C19H22N2O3/c22-18-8-7-17(13-21(18)14-19(23)24)16-6-4-5-15(11-16)12-20-9-2-1-3-10-20/h4-8,11,13H,1-3,9-10,12,14H2,(H,23,24). The average Bonchev–Trinajstić information content (AvgIpc) is 2.58. The smallest absolute Gasteiger partial charge is 0.323 e. The van der Waals surface area contributed by atoms with Crippen molar-refractivity contribution in [1.29, 1.82) is 0 Å². The first-order valence-corrected chi connectivity index (χ1v) is 8.36. The van der Waals surface area contributed by atoms with E-state index >= 15 is 0 Å². The first-order chi connectivity index (χ1) is 11.6. The van der Waals surface area contributed by atoms with E-state index in [-0.39, 0.29) is 12.1 Å². The molecule has 1 saturated heterocycles. The molecule has 5 heteroatoms. The van der Waals surface area contributed by atoms with Gasteiger partial charge in [-0.05, 0) is 54.8 Å². The van der Waals surface area contributed by atoms with Crippen LogP contribution in [-0.2, 0) is 17.9 Å². The fourth-order valence-electron chi connectivity index (χ4n) is 3.20. The summed E-state index contributed by atoms with van der Waals surface area (Å²) < 4.78 is 1.23. The van der Waals surface area contributed by atoms with Crippen LogP contribution in [0.25, 0.3) is 11.1 Å². The van der Waals surface area contributed by atoms with Gasteiger partial charge in [-0.1, -0.05) is 24.6 Å². The summed E-state index contributed by atoms with van der Waals surface area (Å²) in [7, 11) is 0. The topological polar surface area (TPSA) is 62.5 Å². The zero-order valence-corrected chi connectivity index (χ0v) is 13.6. The third kappa shape index (κ3) is 4.11. The van der Waals surface area contributed by atoms with Crippen LogP contribution in [-0.4, -0.2) is 33.6 Å². The summed E-state index contributed by atoms with van der Waals surface area (Å²) >= 11 is 0. The van der Waals surface area contributed by atoms with Crippen LogP contribution in [0.1, 0.15) is 24.8 Å². The highest BCUT2D eigenvalue weighted by Gasteiger charge is 2.11. The number of piperidine rings is 1. The lowest BCUT2D eigenvalue weighted by molar-refractivity contribution is -0.137. The Balaban J connectivity index is 1.83. The Kier molecular flexibility index (Phi) is 5.11. The number of likely N-dealkylation sites (tertiary alicyclic amines) is 1. The number of aliphatic carboxylic acids is 1. The quantitative estimate of drug-likeness (QED) is 0.917. The van der Waals surface area contributed by atoms with E-state index < -0.39 is 5.97 Å². The van der Waals surface area contributed by atoms with Crippen LogP contribution < -0.4 is 5.56 Å². The lowest BCUT2D eigenvalue weighted by Gasteiger charge is -2.26. The van der Waals surface area contributed by atoms with Crippen molar-refractivity contribution in [3.63, 3.8) is 0 Å². The predicted molar refractivity (Wildman–Crippen MR) is 92.9 cm³/mol. The Bertz CT molecular complexity index is 776. The first-order valence-electron chi connectivity index (χ1n) is 8.36. The molecule has 1 aliphatic rings. The maximum atomic E-state index is 11.8. The van der Waals surface area contributed by atoms with Crippen LogP contribution in [0.3, 0.4) is 0 Å². The van der Waals surface area contributed by atoms with Gasteiger partial charge in [-0.2, -0.15) is 0 Å². The molecular weight excluding hydrogens is 304 g/mol. The fraction of sp³-hybridized carbons (Fsp3) is 0.368. The molecule has 0 unspecified atom stereocenters. The van der Waals surface area contributed by atoms with Gasteiger partial charge >= 0.3 is 5.97 Å². The minimum absolute atomic E-state index is 0.300. The lowest BCUT2D eigenvalue weighted by atomic mass is 10.0. The number of benzene rings is 1. The molecule has 0 saturated carbocycles. The number of rotatable bonds is 5. The van der Waals surface area contributed by atoms with E-state index in [1.807, 2.05) is 12.1 Å². The third-order valence-electron chi connectivity index (χ3n) is 4.40. The van der Waals surface area contributed by atoms with Gasteiger partial charge in [0.05, 0.1) is 0 Å². The zero-order chi connectivity index (χ0) is 16.9. The molecule has 0 amide bonds. The third-order valence-corrected chi connectivity index (χ3v) is 4.40. The Morgan fingerprint density at radius 3 is 2.58 bits per heavy atom. The second-order valence-corrected chi connectivity index (χ2v) is 6.31. The largest absolute Gasteiger partial charge is 0.480 e. The van der Waals surface area contributed by atoms with Crippen LogP contribution in [0.2, 0.25) is 0 Å². The van der Waals surface area contributed by atoms with Crippen molar-refractivity contribution in [3.05, 3.63) is 58.5 Å². The number of hydrogen-bond donors (Lipinski definition) is 1.